The molecule has 0 aliphatic heterocycles. The van der Waals surface area contributed by atoms with Crippen LogP contribution >= 0.6 is 12.2 Å². The number of benzene rings is 2. The maximum absolute atomic E-state index is 5.43. The molecule has 0 radical (unpaired) electrons. The molecule has 5 nitrogen and oxygen atoms in total. The largest absolute Gasteiger partial charge is 0.495 e. The van der Waals surface area contributed by atoms with Gasteiger partial charge in [-0.05, 0) is 55.4 Å². The molecule has 2 aromatic carbocycles. The van der Waals surface area contributed by atoms with Crippen LogP contribution in [0.3, 0.4) is 0 Å². The number of aryl methyl sites for hydroxylation is 2. The molecule has 1 heterocycles. The molecule has 3 rings (SSSR count). The van der Waals surface area contributed by atoms with Crippen LogP contribution in [0.5, 0.6) is 5.75 Å². The Hall–Kier alpha value is -2.60. The number of aromatic nitrogens is 3. The van der Waals surface area contributed by atoms with Crippen molar-refractivity contribution in [3.05, 3.63) is 64.2 Å². The van der Waals surface area contributed by atoms with E-state index in [0.29, 0.717) is 11.3 Å². The first-order chi connectivity index (χ1) is 11.6. The Morgan fingerprint density at radius 2 is 2.00 bits per heavy atom. The second-order valence-corrected chi connectivity index (χ2v) is 6.01. The van der Waals surface area contributed by atoms with Crippen molar-refractivity contribution in [3.63, 3.8) is 0 Å². The van der Waals surface area contributed by atoms with Crippen molar-refractivity contribution in [2.24, 2.45) is 0 Å². The molecule has 0 bridgehead atoms. The fraction of sp³-hybridized carbons (Fsp3) is 0.222. The van der Waals surface area contributed by atoms with Crippen molar-refractivity contribution in [1.29, 1.82) is 0 Å². The van der Waals surface area contributed by atoms with Gasteiger partial charge in [0.1, 0.15) is 5.75 Å². The predicted molar refractivity (Wildman–Crippen MR) is 98.5 cm³/mol. The lowest BCUT2D eigenvalue weighted by atomic mass is 10.1. The molecule has 0 atom stereocenters. The monoisotopic (exact) mass is 340 g/mol. The maximum Gasteiger partial charge on any atom is 0.199 e. The topological polar surface area (TPSA) is 54.9 Å². The van der Waals surface area contributed by atoms with E-state index in [4.69, 9.17) is 17.0 Å². The first kappa shape index (κ1) is 16.3. The number of nitrogens with one attached hydrogen (secondary N) is 2. The molecule has 24 heavy (non-hydrogen) atoms. The van der Waals surface area contributed by atoms with Gasteiger partial charge < -0.3 is 10.1 Å². The Labute approximate surface area is 146 Å². The van der Waals surface area contributed by atoms with E-state index in [1.807, 2.05) is 28.8 Å². The van der Waals surface area contributed by atoms with Crippen LogP contribution in [0.2, 0.25) is 0 Å². The predicted octanol–water partition coefficient (Wildman–Crippen LogP) is 4.17. The molecule has 3 aromatic rings. The number of aromatic amines is 1. The highest BCUT2D eigenvalue weighted by Crippen LogP contribution is 2.24. The summed E-state index contributed by atoms with van der Waals surface area (Å²) in [6.07, 6.45) is 0. The lowest BCUT2D eigenvalue weighted by Gasteiger charge is -2.13. The SMILES string of the molecule is COc1ccccc1NCc1n[nH]c(=S)n1-c1cc(C)ccc1C. The standard InChI is InChI=1S/C18H20N4OS/c1-12-8-9-13(2)15(10-12)22-17(20-21-18(22)24)11-19-14-6-4-5-7-16(14)23-3/h4-10,19H,11H2,1-3H3,(H,21,24). The van der Waals surface area contributed by atoms with Crippen LogP contribution < -0.4 is 10.1 Å². The smallest absolute Gasteiger partial charge is 0.199 e. The summed E-state index contributed by atoms with van der Waals surface area (Å²) in [6, 6.07) is 14.1. The quantitative estimate of drug-likeness (QED) is 0.685. The van der Waals surface area contributed by atoms with E-state index < -0.39 is 0 Å². The number of anilines is 1. The average Bonchev–Trinajstić information content (AvgIpc) is 2.96. The number of para-hydroxylation sites is 2. The number of hydrogen-bond acceptors (Lipinski definition) is 4. The molecular weight excluding hydrogens is 320 g/mol. The van der Waals surface area contributed by atoms with Crippen LogP contribution in [0.1, 0.15) is 17.0 Å². The van der Waals surface area contributed by atoms with Crippen LogP contribution in [-0.2, 0) is 6.54 Å². The summed E-state index contributed by atoms with van der Waals surface area (Å²) in [4.78, 5) is 0. The first-order valence-corrected chi connectivity index (χ1v) is 8.12. The molecule has 2 N–H and O–H groups in total. The van der Waals surface area contributed by atoms with Crippen LogP contribution in [0.4, 0.5) is 5.69 Å². The van der Waals surface area contributed by atoms with Crippen molar-refractivity contribution in [1.82, 2.24) is 14.8 Å². The zero-order valence-electron chi connectivity index (χ0n) is 14.0. The van der Waals surface area contributed by atoms with Gasteiger partial charge in [0.15, 0.2) is 10.6 Å². The van der Waals surface area contributed by atoms with Gasteiger partial charge >= 0.3 is 0 Å². The summed E-state index contributed by atoms with van der Waals surface area (Å²) < 4.78 is 7.93. The molecule has 0 spiro atoms. The third-order valence-corrected chi connectivity index (χ3v) is 4.17. The van der Waals surface area contributed by atoms with Crippen LogP contribution in [0, 0.1) is 18.6 Å². The Bertz CT molecular complexity index is 913. The number of H-pyrrole nitrogens is 1. The third-order valence-electron chi connectivity index (χ3n) is 3.89. The zero-order valence-corrected chi connectivity index (χ0v) is 14.8. The lowest BCUT2D eigenvalue weighted by molar-refractivity contribution is 0.416. The molecule has 0 aliphatic rings. The van der Waals surface area contributed by atoms with Gasteiger partial charge in [0.25, 0.3) is 0 Å². The lowest BCUT2D eigenvalue weighted by Crippen LogP contribution is -2.09. The second kappa shape index (κ2) is 6.88. The van der Waals surface area contributed by atoms with Gasteiger partial charge in [-0.25, -0.2) is 0 Å². The van der Waals surface area contributed by atoms with Crippen LogP contribution in [0.25, 0.3) is 5.69 Å². The number of ether oxygens (including phenoxy) is 1. The zero-order chi connectivity index (χ0) is 17.1. The molecular formula is C18H20N4OS. The third kappa shape index (κ3) is 3.19. The van der Waals surface area contributed by atoms with E-state index in [1.165, 1.54) is 5.56 Å². The Kier molecular flexibility index (Phi) is 4.66. The van der Waals surface area contributed by atoms with Crippen molar-refractivity contribution in [3.8, 4) is 11.4 Å². The van der Waals surface area contributed by atoms with Crippen molar-refractivity contribution in [2.75, 3.05) is 12.4 Å². The Morgan fingerprint density at radius 1 is 1.21 bits per heavy atom. The summed E-state index contributed by atoms with van der Waals surface area (Å²) >= 11 is 5.43. The summed E-state index contributed by atoms with van der Waals surface area (Å²) in [7, 11) is 1.66. The van der Waals surface area contributed by atoms with Gasteiger partial charge in [-0.1, -0.05) is 24.3 Å². The molecule has 0 unspecified atom stereocenters. The minimum Gasteiger partial charge on any atom is -0.495 e. The summed E-state index contributed by atoms with van der Waals surface area (Å²) in [5.74, 6) is 1.62. The van der Waals surface area contributed by atoms with Gasteiger partial charge in [-0.3, -0.25) is 9.67 Å². The minimum atomic E-state index is 0.529. The highest BCUT2D eigenvalue weighted by atomic mass is 32.1. The molecule has 0 saturated carbocycles. The van der Waals surface area contributed by atoms with Crippen LogP contribution in [0.15, 0.2) is 42.5 Å². The second-order valence-electron chi connectivity index (χ2n) is 5.62. The van der Waals surface area contributed by atoms with Crippen LogP contribution in [-0.4, -0.2) is 21.9 Å². The van der Waals surface area contributed by atoms with Gasteiger partial charge in [-0.2, -0.15) is 5.10 Å². The minimum absolute atomic E-state index is 0.529. The molecule has 0 saturated heterocycles. The highest BCUT2D eigenvalue weighted by Gasteiger charge is 2.11. The Morgan fingerprint density at radius 3 is 2.79 bits per heavy atom. The van der Waals surface area contributed by atoms with E-state index in [0.717, 1.165) is 28.5 Å². The fourth-order valence-corrected chi connectivity index (χ4v) is 2.87. The van der Waals surface area contributed by atoms with Gasteiger partial charge in [0.2, 0.25) is 0 Å². The maximum atomic E-state index is 5.43. The molecule has 0 fully saturated rings. The molecule has 1 aromatic heterocycles. The number of rotatable bonds is 5. The van der Waals surface area contributed by atoms with Gasteiger partial charge in [0, 0.05) is 0 Å². The normalized spacial score (nSPS) is 10.6. The van der Waals surface area contributed by atoms with Crippen molar-refractivity contribution >= 4 is 17.9 Å². The molecule has 0 amide bonds. The summed E-state index contributed by atoms with van der Waals surface area (Å²) in [6.45, 7) is 4.67. The molecule has 124 valence electrons. The summed E-state index contributed by atoms with van der Waals surface area (Å²) in [5, 5.41) is 10.6. The van der Waals surface area contributed by atoms with E-state index in [2.05, 4.69) is 47.6 Å². The molecule has 6 heteroatoms. The van der Waals surface area contributed by atoms with E-state index in [9.17, 15) is 0 Å². The number of nitrogens with zero attached hydrogens (tertiary/aromatic N) is 2. The highest BCUT2D eigenvalue weighted by molar-refractivity contribution is 7.71. The van der Waals surface area contributed by atoms with E-state index in [-0.39, 0.29) is 0 Å². The Balaban J connectivity index is 1.94. The van der Waals surface area contributed by atoms with Crippen molar-refractivity contribution < 1.29 is 4.74 Å². The number of methoxy groups -OCH3 is 1. The molecule has 0 aliphatic carbocycles. The summed E-state index contributed by atoms with van der Waals surface area (Å²) in [5.41, 5.74) is 4.30. The van der Waals surface area contributed by atoms with Crippen molar-refractivity contribution in [2.45, 2.75) is 20.4 Å². The van der Waals surface area contributed by atoms with E-state index >= 15 is 0 Å². The van der Waals surface area contributed by atoms with Gasteiger partial charge in [0.05, 0.1) is 25.0 Å². The number of hydrogen-bond donors (Lipinski definition) is 2. The fourth-order valence-electron chi connectivity index (χ4n) is 2.62. The average molecular weight is 340 g/mol. The van der Waals surface area contributed by atoms with E-state index in [1.54, 1.807) is 7.11 Å². The first-order valence-electron chi connectivity index (χ1n) is 7.71. The van der Waals surface area contributed by atoms with Gasteiger partial charge in [-0.15, -0.1) is 0 Å².